The quantitative estimate of drug-likeness (QED) is 0.714. The molecule has 6 heteroatoms. The fourth-order valence-electron chi connectivity index (χ4n) is 1.82. The third kappa shape index (κ3) is 3.22. The number of carboxylic acids is 1. The van der Waals surface area contributed by atoms with E-state index in [0.717, 1.165) is 5.57 Å². The molecule has 18 heavy (non-hydrogen) atoms. The maximum absolute atomic E-state index is 12.0. The van der Waals surface area contributed by atoms with E-state index in [2.05, 4.69) is 11.9 Å². The first-order valence-electron chi connectivity index (χ1n) is 5.94. The molecule has 6 nitrogen and oxygen atoms in total. The van der Waals surface area contributed by atoms with Crippen LogP contribution >= 0.6 is 0 Å². The van der Waals surface area contributed by atoms with Gasteiger partial charge in [-0.2, -0.15) is 0 Å². The van der Waals surface area contributed by atoms with Crippen LogP contribution in [-0.2, 0) is 9.53 Å². The van der Waals surface area contributed by atoms with Crippen LogP contribution in [0.1, 0.15) is 20.3 Å². The van der Waals surface area contributed by atoms with E-state index in [1.54, 1.807) is 0 Å². The lowest BCUT2D eigenvalue weighted by molar-refractivity contribution is -0.144. The molecular formula is C12H20N2O4. The third-order valence-corrected chi connectivity index (χ3v) is 2.91. The summed E-state index contributed by atoms with van der Waals surface area (Å²) in [6, 6.07) is -0.395. The van der Waals surface area contributed by atoms with E-state index < -0.39 is 17.5 Å². The van der Waals surface area contributed by atoms with Crippen LogP contribution in [0.5, 0.6) is 0 Å². The van der Waals surface area contributed by atoms with Crippen LogP contribution in [0.4, 0.5) is 4.79 Å². The lowest BCUT2D eigenvalue weighted by atomic mass is 9.99. The number of carboxylic acid groups (broad SMARTS) is 1. The number of nitrogens with zero attached hydrogens (tertiary/aromatic N) is 1. The number of nitrogens with one attached hydrogen (secondary N) is 1. The van der Waals surface area contributed by atoms with Crippen LogP contribution < -0.4 is 5.32 Å². The number of ether oxygens (including phenoxy) is 1. The minimum atomic E-state index is -1.29. The van der Waals surface area contributed by atoms with Gasteiger partial charge in [-0.05, 0) is 13.8 Å². The number of hydrogen-bond donors (Lipinski definition) is 2. The van der Waals surface area contributed by atoms with Crippen LogP contribution in [0.3, 0.4) is 0 Å². The molecule has 1 unspecified atom stereocenters. The molecule has 1 rings (SSSR count). The number of aliphatic carboxylic acids is 1. The van der Waals surface area contributed by atoms with Gasteiger partial charge in [-0.15, -0.1) is 0 Å². The maximum atomic E-state index is 12.0. The summed E-state index contributed by atoms with van der Waals surface area (Å²) in [5, 5.41) is 11.8. The molecule has 0 bridgehead atoms. The van der Waals surface area contributed by atoms with Gasteiger partial charge in [0.1, 0.15) is 0 Å². The summed E-state index contributed by atoms with van der Waals surface area (Å²) in [6.07, 6.45) is 0.290. The summed E-state index contributed by atoms with van der Waals surface area (Å²) in [6.45, 7) is 8.67. The molecule has 1 aliphatic heterocycles. The molecule has 1 saturated heterocycles. The van der Waals surface area contributed by atoms with Gasteiger partial charge >= 0.3 is 12.0 Å². The molecule has 0 aliphatic carbocycles. The van der Waals surface area contributed by atoms with Crippen molar-refractivity contribution < 1.29 is 19.4 Å². The Labute approximate surface area is 107 Å². The minimum Gasteiger partial charge on any atom is -0.479 e. The van der Waals surface area contributed by atoms with Gasteiger partial charge in [0.15, 0.2) is 5.54 Å². The number of rotatable bonds is 5. The largest absolute Gasteiger partial charge is 0.479 e. The molecule has 0 spiro atoms. The molecular weight excluding hydrogens is 236 g/mol. The Morgan fingerprint density at radius 3 is 2.61 bits per heavy atom. The molecule has 1 fully saturated rings. The molecule has 102 valence electrons. The second-order valence-corrected chi connectivity index (χ2v) is 4.59. The zero-order valence-corrected chi connectivity index (χ0v) is 10.9. The number of hydrogen-bond acceptors (Lipinski definition) is 3. The molecule has 2 N–H and O–H groups in total. The first kappa shape index (κ1) is 14.5. The van der Waals surface area contributed by atoms with E-state index in [-0.39, 0.29) is 6.61 Å². The second kappa shape index (κ2) is 5.86. The van der Waals surface area contributed by atoms with Gasteiger partial charge in [-0.3, -0.25) is 0 Å². The van der Waals surface area contributed by atoms with E-state index in [1.165, 1.54) is 4.90 Å². The Balaban J connectivity index is 2.71. The van der Waals surface area contributed by atoms with E-state index in [0.29, 0.717) is 26.1 Å². The number of urea groups is 1. The Morgan fingerprint density at radius 1 is 1.56 bits per heavy atom. The predicted molar refractivity (Wildman–Crippen MR) is 66.4 cm³/mol. The molecule has 0 aromatic rings. The zero-order valence-electron chi connectivity index (χ0n) is 10.9. The van der Waals surface area contributed by atoms with Gasteiger partial charge in [-0.1, -0.05) is 12.2 Å². The van der Waals surface area contributed by atoms with Crippen molar-refractivity contribution in [2.24, 2.45) is 0 Å². The topological polar surface area (TPSA) is 78.9 Å². The Bertz CT molecular complexity index is 348. The van der Waals surface area contributed by atoms with Crippen molar-refractivity contribution in [1.29, 1.82) is 0 Å². The smallest absolute Gasteiger partial charge is 0.332 e. The SMILES string of the molecule is C=C(C)CN(CC)C(=O)NC1(C(=O)O)CCOC1. The third-order valence-electron chi connectivity index (χ3n) is 2.91. The fraction of sp³-hybridized carbons (Fsp3) is 0.667. The highest BCUT2D eigenvalue weighted by atomic mass is 16.5. The van der Waals surface area contributed by atoms with Crippen LogP contribution in [0, 0.1) is 0 Å². The van der Waals surface area contributed by atoms with E-state index in [9.17, 15) is 14.7 Å². The average molecular weight is 256 g/mol. The summed E-state index contributed by atoms with van der Waals surface area (Å²) in [5.41, 5.74) is -0.446. The second-order valence-electron chi connectivity index (χ2n) is 4.59. The van der Waals surface area contributed by atoms with Crippen molar-refractivity contribution in [2.45, 2.75) is 25.8 Å². The van der Waals surface area contributed by atoms with Gasteiger partial charge < -0.3 is 20.1 Å². The lowest BCUT2D eigenvalue weighted by Gasteiger charge is -2.29. The van der Waals surface area contributed by atoms with Gasteiger partial charge in [0, 0.05) is 26.1 Å². The number of amides is 2. The monoisotopic (exact) mass is 256 g/mol. The van der Waals surface area contributed by atoms with Crippen molar-refractivity contribution in [3.8, 4) is 0 Å². The average Bonchev–Trinajstić information content (AvgIpc) is 2.75. The first-order valence-corrected chi connectivity index (χ1v) is 5.94. The molecule has 0 saturated carbocycles. The van der Waals surface area contributed by atoms with Gasteiger partial charge in [-0.25, -0.2) is 9.59 Å². The van der Waals surface area contributed by atoms with Gasteiger partial charge in [0.25, 0.3) is 0 Å². The predicted octanol–water partition coefficient (Wildman–Crippen LogP) is 0.838. The molecule has 1 aliphatic rings. The highest BCUT2D eigenvalue weighted by Gasteiger charge is 2.44. The van der Waals surface area contributed by atoms with Crippen molar-refractivity contribution in [3.05, 3.63) is 12.2 Å². The van der Waals surface area contributed by atoms with E-state index in [4.69, 9.17) is 4.74 Å². The summed E-state index contributed by atoms with van der Waals surface area (Å²) in [4.78, 5) is 24.8. The number of carbonyl (C=O) groups is 2. The standard InChI is InChI=1S/C12H20N2O4/c1-4-14(7-9(2)3)11(17)13-12(10(15)16)5-6-18-8-12/h2,4-8H2,1,3H3,(H,13,17)(H,15,16). The summed E-state index contributed by atoms with van der Waals surface area (Å²) >= 11 is 0. The summed E-state index contributed by atoms with van der Waals surface area (Å²) in [7, 11) is 0. The first-order chi connectivity index (χ1) is 8.41. The van der Waals surface area contributed by atoms with Crippen molar-refractivity contribution in [1.82, 2.24) is 10.2 Å². The molecule has 0 aromatic carbocycles. The molecule has 2 amide bonds. The highest BCUT2D eigenvalue weighted by Crippen LogP contribution is 2.19. The zero-order chi connectivity index (χ0) is 13.8. The Hall–Kier alpha value is -1.56. The van der Waals surface area contributed by atoms with Crippen LogP contribution in [0.15, 0.2) is 12.2 Å². The highest BCUT2D eigenvalue weighted by molar-refractivity contribution is 5.86. The number of carbonyl (C=O) groups excluding carboxylic acids is 1. The fourth-order valence-corrected chi connectivity index (χ4v) is 1.82. The van der Waals surface area contributed by atoms with Crippen molar-refractivity contribution in [3.63, 3.8) is 0 Å². The van der Waals surface area contributed by atoms with Crippen LogP contribution in [-0.4, -0.2) is 53.8 Å². The molecule has 1 heterocycles. The number of likely N-dealkylation sites (N-methyl/N-ethyl adjacent to an activating group) is 1. The van der Waals surface area contributed by atoms with Gasteiger partial charge in [0.05, 0.1) is 6.61 Å². The van der Waals surface area contributed by atoms with Crippen LogP contribution in [0.25, 0.3) is 0 Å². The van der Waals surface area contributed by atoms with Gasteiger partial charge in [0.2, 0.25) is 0 Å². The Kier molecular flexibility index (Phi) is 4.72. The summed E-state index contributed by atoms with van der Waals surface area (Å²) in [5.74, 6) is -1.06. The summed E-state index contributed by atoms with van der Waals surface area (Å²) < 4.78 is 5.09. The van der Waals surface area contributed by atoms with E-state index >= 15 is 0 Å². The lowest BCUT2D eigenvalue weighted by Crippen LogP contribution is -2.58. The maximum Gasteiger partial charge on any atom is 0.332 e. The van der Waals surface area contributed by atoms with Crippen LogP contribution in [0.2, 0.25) is 0 Å². The molecule has 1 atom stereocenters. The minimum absolute atomic E-state index is 0.0126. The molecule has 0 aromatic heterocycles. The van der Waals surface area contributed by atoms with E-state index in [1.807, 2.05) is 13.8 Å². The Morgan fingerprint density at radius 2 is 2.22 bits per heavy atom. The van der Waals surface area contributed by atoms with Crippen molar-refractivity contribution >= 4 is 12.0 Å². The normalized spacial score (nSPS) is 22.6. The molecule has 0 radical (unpaired) electrons. The van der Waals surface area contributed by atoms with Crippen molar-refractivity contribution in [2.75, 3.05) is 26.3 Å².